The highest BCUT2D eigenvalue weighted by Crippen LogP contribution is 2.30. The van der Waals surface area contributed by atoms with E-state index in [-0.39, 0.29) is 0 Å². The minimum Gasteiger partial charge on any atom is -0.397 e. The standard InChI is InChI=1S/C21H35N3/c1-2-18-16-17(23-21-13-9-8-12-20(21)22)14-15-24(18)19-10-6-4-3-5-7-11-19/h8-9,12-13,17-19,23H,2-7,10-11,14-16,22H2,1H3/t17-,18?/m1/s1. The highest BCUT2D eigenvalue weighted by molar-refractivity contribution is 5.66. The summed E-state index contributed by atoms with van der Waals surface area (Å²) >= 11 is 0. The average molecular weight is 330 g/mol. The molecule has 1 aromatic rings. The van der Waals surface area contributed by atoms with Crippen LogP contribution in [0.25, 0.3) is 0 Å². The second kappa shape index (κ2) is 8.75. The van der Waals surface area contributed by atoms with Crippen LogP contribution in [-0.4, -0.2) is 29.6 Å². The SMILES string of the molecule is CCC1C[C@H](Nc2ccccc2N)CCN1C1CCCCCCC1. The van der Waals surface area contributed by atoms with Gasteiger partial charge >= 0.3 is 0 Å². The fourth-order valence-corrected chi connectivity index (χ4v) is 4.70. The van der Waals surface area contributed by atoms with Crippen molar-refractivity contribution in [2.24, 2.45) is 0 Å². The van der Waals surface area contributed by atoms with Crippen LogP contribution in [0.4, 0.5) is 11.4 Å². The molecule has 1 unspecified atom stereocenters. The van der Waals surface area contributed by atoms with Crippen LogP contribution >= 0.6 is 0 Å². The molecule has 3 heteroatoms. The van der Waals surface area contributed by atoms with Crippen LogP contribution in [-0.2, 0) is 0 Å². The van der Waals surface area contributed by atoms with Crippen LogP contribution in [0, 0.1) is 0 Å². The van der Waals surface area contributed by atoms with Crippen molar-refractivity contribution >= 4 is 11.4 Å². The average Bonchev–Trinajstić information content (AvgIpc) is 2.57. The first-order chi connectivity index (χ1) is 11.8. The maximum absolute atomic E-state index is 6.11. The van der Waals surface area contributed by atoms with Gasteiger partial charge < -0.3 is 11.1 Å². The van der Waals surface area contributed by atoms with Gasteiger partial charge in [-0.2, -0.15) is 0 Å². The first-order valence-corrected chi connectivity index (χ1v) is 10.1. The lowest BCUT2D eigenvalue weighted by Gasteiger charge is -2.44. The summed E-state index contributed by atoms with van der Waals surface area (Å²) in [6.45, 7) is 3.60. The van der Waals surface area contributed by atoms with E-state index in [1.54, 1.807) is 0 Å². The number of para-hydroxylation sites is 2. The van der Waals surface area contributed by atoms with E-state index in [0.29, 0.717) is 6.04 Å². The molecular formula is C21H35N3. The first kappa shape index (κ1) is 17.6. The van der Waals surface area contributed by atoms with Crippen molar-refractivity contribution < 1.29 is 0 Å². The molecule has 0 aromatic heterocycles. The van der Waals surface area contributed by atoms with Crippen molar-refractivity contribution in [2.75, 3.05) is 17.6 Å². The van der Waals surface area contributed by atoms with Crippen molar-refractivity contribution in [1.82, 2.24) is 4.90 Å². The lowest BCUT2D eigenvalue weighted by molar-refractivity contribution is 0.0713. The van der Waals surface area contributed by atoms with Crippen molar-refractivity contribution in [3.63, 3.8) is 0 Å². The molecule has 0 bridgehead atoms. The number of likely N-dealkylation sites (tertiary alicyclic amines) is 1. The van der Waals surface area contributed by atoms with Gasteiger partial charge in [0.25, 0.3) is 0 Å². The topological polar surface area (TPSA) is 41.3 Å². The molecule has 2 aliphatic rings. The van der Waals surface area contributed by atoms with Crippen LogP contribution in [0.1, 0.15) is 71.1 Å². The number of piperidine rings is 1. The van der Waals surface area contributed by atoms with E-state index < -0.39 is 0 Å². The van der Waals surface area contributed by atoms with E-state index in [2.05, 4.69) is 29.3 Å². The molecule has 0 spiro atoms. The third-order valence-electron chi connectivity index (χ3n) is 6.10. The Morgan fingerprint density at radius 3 is 2.46 bits per heavy atom. The van der Waals surface area contributed by atoms with Crippen molar-refractivity contribution in [2.45, 2.75) is 89.3 Å². The molecule has 0 radical (unpaired) electrons. The molecule has 134 valence electrons. The number of hydrogen-bond acceptors (Lipinski definition) is 3. The number of rotatable bonds is 4. The number of hydrogen-bond donors (Lipinski definition) is 2. The summed E-state index contributed by atoms with van der Waals surface area (Å²) in [5.74, 6) is 0. The van der Waals surface area contributed by atoms with Crippen LogP contribution < -0.4 is 11.1 Å². The van der Waals surface area contributed by atoms with E-state index in [1.807, 2.05) is 12.1 Å². The highest BCUT2D eigenvalue weighted by Gasteiger charge is 2.32. The number of nitrogens with two attached hydrogens (primary N) is 1. The third kappa shape index (κ3) is 4.44. The summed E-state index contributed by atoms with van der Waals surface area (Å²) in [4.78, 5) is 2.86. The van der Waals surface area contributed by atoms with E-state index in [0.717, 1.165) is 23.5 Å². The molecule has 1 heterocycles. The Morgan fingerprint density at radius 2 is 1.75 bits per heavy atom. The van der Waals surface area contributed by atoms with Gasteiger partial charge in [-0.25, -0.2) is 0 Å². The first-order valence-electron chi connectivity index (χ1n) is 10.1. The van der Waals surface area contributed by atoms with E-state index in [1.165, 1.54) is 70.8 Å². The molecule has 3 rings (SSSR count). The summed E-state index contributed by atoms with van der Waals surface area (Å²) in [5.41, 5.74) is 8.08. The van der Waals surface area contributed by atoms with Gasteiger partial charge in [-0.15, -0.1) is 0 Å². The van der Waals surface area contributed by atoms with Gasteiger partial charge in [0.05, 0.1) is 11.4 Å². The molecule has 3 N–H and O–H groups in total. The summed E-state index contributed by atoms with van der Waals surface area (Å²) in [6, 6.07) is 10.3. The molecule has 3 nitrogen and oxygen atoms in total. The predicted octanol–water partition coefficient (Wildman–Crippen LogP) is 5.04. The van der Waals surface area contributed by atoms with Crippen LogP contribution in [0.2, 0.25) is 0 Å². The van der Waals surface area contributed by atoms with Gasteiger partial charge in [-0.1, -0.05) is 51.2 Å². The Bertz CT molecular complexity index is 494. The summed E-state index contributed by atoms with van der Waals surface area (Å²) in [7, 11) is 0. The number of nitrogens with one attached hydrogen (secondary N) is 1. The molecule has 1 aliphatic carbocycles. The van der Waals surface area contributed by atoms with Crippen molar-refractivity contribution in [1.29, 1.82) is 0 Å². The molecule has 1 aliphatic heterocycles. The quantitative estimate of drug-likeness (QED) is 0.761. The molecule has 24 heavy (non-hydrogen) atoms. The lowest BCUT2D eigenvalue weighted by Crippen LogP contribution is -2.51. The molecule has 0 amide bonds. The molecule has 1 aromatic carbocycles. The largest absolute Gasteiger partial charge is 0.397 e. The summed E-state index contributed by atoms with van der Waals surface area (Å²) in [6.07, 6.45) is 13.8. The molecule has 2 fully saturated rings. The fraction of sp³-hybridized carbons (Fsp3) is 0.714. The second-order valence-corrected chi connectivity index (χ2v) is 7.75. The van der Waals surface area contributed by atoms with E-state index >= 15 is 0 Å². The number of nitrogen functional groups attached to an aromatic ring is 1. The smallest absolute Gasteiger partial charge is 0.0576 e. The fourth-order valence-electron chi connectivity index (χ4n) is 4.70. The van der Waals surface area contributed by atoms with Gasteiger partial charge in [0, 0.05) is 24.7 Å². The van der Waals surface area contributed by atoms with Gasteiger partial charge in [0.1, 0.15) is 0 Å². The van der Waals surface area contributed by atoms with E-state index in [9.17, 15) is 0 Å². The second-order valence-electron chi connectivity index (χ2n) is 7.75. The number of benzene rings is 1. The zero-order valence-corrected chi connectivity index (χ0v) is 15.3. The Labute approximate surface area is 148 Å². The lowest BCUT2D eigenvalue weighted by atomic mass is 9.89. The monoisotopic (exact) mass is 329 g/mol. The Balaban J connectivity index is 1.59. The minimum atomic E-state index is 0.560. The maximum Gasteiger partial charge on any atom is 0.0576 e. The molecular weight excluding hydrogens is 294 g/mol. The molecule has 1 saturated carbocycles. The number of nitrogens with zero attached hydrogens (tertiary/aromatic N) is 1. The van der Waals surface area contributed by atoms with Gasteiger partial charge in [-0.3, -0.25) is 4.90 Å². The Morgan fingerprint density at radius 1 is 1.04 bits per heavy atom. The zero-order chi connectivity index (χ0) is 16.8. The molecule has 2 atom stereocenters. The molecule has 1 saturated heterocycles. The van der Waals surface area contributed by atoms with Crippen LogP contribution in [0.5, 0.6) is 0 Å². The summed E-state index contributed by atoms with van der Waals surface area (Å²) in [5, 5.41) is 3.71. The van der Waals surface area contributed by atoms with Crippen LogP contribution in [0.15, 0.2) is 24.3 Å². The van der Waals surface area contributed by atoms with E-state index in [4.69, 9.17) is 5.73 Å². The number of anilines is 2. The normalized spacial score (nSPS) is 27.4. The maximum atomic E-state index is 6.11. The predicted molar refractivity (Wildman–Crippen MR) is 104 cm³/mol. The zero-order valence-electron chi connectivity index (χ0n) is 15.3. The third-order valence-corrected chi connectivity index (χ3v) is 6.10. The van der Waals surface area contributed by atoms with Gasteiger partial charge in [-0.05, 0) is 44.2 Å². The minimum absolute atomic E-state index is 0.560. The van der Waals surface area contributed by atoms with Crippen molar-refractivity contribution in [3.8, 4) is 0 Å². The van der Waals surface area contributed by atoms with Gasteiger partial charge in [0.15, 0.2) is 0 Å². The Hall–Kier alpha value is -1.22. The van der Waals surface area contributed by atoms with Crippen LogP contribution in [0.3, 0.4) is 0 Å². The van der Waals surface area contributed by atoms with Crippen molar-refractivity contribution in [3.05, 3.63) is 24.3 Å². The Kier molecular flexibility index (Phi) is 6.42. The summed E-state index contributed by atoms with van der Waals surface area (Å²) < 4.78 is 0. The van der Waals surface area contributed by atoms with Gasteiger partial charge in [0.2, 0.25) is 0 Å². The highest BCUT2D eigenvalue weighted by atomic mass is 15.2.